The number of carbonyl (C=O) groups excluding carboxylic acids is 1. The standard InChI is InChI=1S/C11H22N2O/c1-4-13(3)11(14)8-12-10-7-5-6-9(10)2/h9-10,12H,4-8H2,1-3H3. The molecule has 3 nitrogen and oxygen atoms in total. The molecule has 1 N–H and O–H groups in total. The van der Waals surface area contributed by atoms with E-state index in [2.05, 4.69) is 12.2 Å². The van der Waals surface area contributed by atoms with E-state index in [1.165, 1.54) is 19.3 Å². The van der Waals surface area contributed by atoms with Crippen LogP contribution in [0.2, 0.25) is 0 Å². The number of hydrogen-bond acceptors (Lipinski definition) is 2. The zero-order valence-electron chi connectivity index (χ0n) is 9.55. The summed E-state index contributed by atoms with van der Waals surface area (Å²) in [5, 5.41) is 3.36. The molecule has 1 aliphatic rings. The summed E-state index contributed by atoms with van der Waals surface area (Å²) >= 11 is 0. The van der Waals surface area contributed by atoms with Crippen LogP contribution in [0.4, 0.5) is 0 Å². The molecule has 0 radical (unpaired) electrons. The molecule has 0 heterocycles. The van der Waals surface area contributed by atoms with E-state index < -0.39 is 0 Å². The number of nitrogens with one attached hydrogen (secondary N) is 1. The highest BCUT2D eigenvalue weighted by Crippen LogP contribution is 2.24. The molecule has 0 spiro atoms. The average molecular weight is 198 g/mol. The Morgan fingerprint density at radius 1 is 1.50 bits per heavy atom. The molecule has 14 heavy (non-hydrogen) atoms. The van der Waals surface area contributed by atoms with Crippen LogP contribution >= 0.6 is 0 Å². The van der Waals surface area contributed by atoms with Crippen molar-refractivity contribution in [2.24, 2.45) is 5.92 Å². The maximum Gasteiger partial charge on any atom is 0.236 e. The van der Waals surface area contributed by atoms with Crippen molar-refractivity contribution in [2.45, 2.75) is 39.2 Å². The molecule has 0 saturated heterocycles. The van der Waals surface area contributed by atoms with Crippen LogP contribution in [0.15, 0.2) is 0 Å². The highest BCUT2D eigenvalue weighted by molar-refractivity contribution is 5.77. The Hall–Kier alpha value is -0.570. The van der Waals surface area contributed by atoms with Gasteiger partial charge in [0.2, 0.25) is 5.91 Å². The van der Waals surface area contributed by atoms with Gasteiger partial charge in [-0.3, -0.25) is 4.79 Å². The van der Waals surface area contributed by atoms with E-state index >= 15 is 0 Å². The van der Waals surface area contributed by atoms with E-state index in [0.717, 1.165) is 12.5 Å². The van der Waals surface area contributed by atoms with Gasteiger partial charge in [0.25, 0.3) is 0 Å². The summed E-state index contributed by atoms with van der Waals surface area (Å²) in [7, 11) is 1.85. The smallest absolute Gasteiger partial charge is 0.236 e. The molecule has 82 valence electrons. The van der Waals surface area contributed by atoms with Crippen molar-refractivity contribution >= 4 is 5.91 Å². The average Bonchev–Trinajstić information content (AvgIpc) is 2.59. The largest absolute Gasteiger partial charge is 0.345 e. The van der Waals surface area contributed by atoms with Crippen molar-refractivity contribution in [1.29, 1.82) is 0 Å². The second-order valence-corrected chi connectivity index (χ2v) is 4.30. The maximum absolute atomic E-state index is 11.5. The maximum atomic E-state index is 11.5. The summed E-state index contributed by atoms with van der Waals surface area (Å²) in [5.74, 6) is 0.932. The Morgan fingerprint density at radius 2 is 2.21 bits per heavy atom. The molecule has 0 aromatic heterocycles. The van der Waals surface area contributed by atoms with Crippen LogP contribution in [-0.4, -0.2) is 37.0 Å². The van der Waals surface area contributed by atoms with Gasteiger partial charge in [0.1, 0.15) is 0 Å². The first-order valence-electron chi connectivity index (χ1n) is 5.62. The van der Waals surface area contributed by atoms with Crippen LogP contribution in [0, 0.1) is 5.92 Å². The third-order valence-electron chi connectivity index (χ3n) is 3.28. The van der Waals surface area contributed by atoms with Crippen LogP contribution in [0.5, 0.6) is 0 Å². The molecular formula is C11H22N2O. The number of amides is 1. The fourth-order valence-electron chi connectivity index (χ4n) is 1.98. The number of carbonyl (C=O) groups is 1. The molecule has 0 aromatic rings. The molecule has 2 atom stereocenters. The van der Waals surface area contributed by atoms with Crippen LogP contribution in [0.1, 0.15) is 33.1 Å². The van der Waals surface area contributed by atoms with Crippen LogP contribution in [0.3, 0.4) is 0 Å². The summed E-state index contributed by atoms with van der Waals surface area (Å²) in [6.07, 6.45) is 3.83. The molecule has 1 rings (SSSR count). The van der Waals surface area contributed by atoms with Crippen molar-refractivity contribution in [1.82, 2.24) is 10.2 Å². The Labute approximate surface area is 86.9 Å². The van der Waals surface area contributed by atoms with Gasteiger partial charge in [0.15, 0.2) is 0 Å². The molecule has 3 heteroatoms. The van der Waals surface area contributed by atoms with Gasteiger partial charge < -0.3 is 10.2 Å². The van der Waals surface area contributed by atoms with Crippen LogP contribution < -0.4 is 5.32 Å². The van der Waals surface area contributed by atoms with Gasteiger partial charge >= 0.3 is 0 Å². The van der Waals surface area contributed by atoms with Gasteiger partial charge in [-0.25, -0.2) is 0 Å². The van der Waals surface area contributed by atoms with Crippen molar-refractivity contribution in [3.63, 3.8) is 0 Å². The second kappa shape index (κ2) is 5.35. The van der Waals surface area contributed by atoms with Crippen molar-refractivity contribution in [3.8, 4) is 0 Å². The molecule has 0 aliphatic heterocycles. The van der Waals surface area contributed by atoms with Gasteiger partial charge in [-0.15, -0.1) is 0 Å². The highest BCUT2D eigenvalue weighted by Gasteiger charge is 2.23. The number of nitrogens with zero attached hydrogens (tertiary/aromatic N) is 1. The van der Waals surface area contributed by atoms with Gasteiger partial charge in [0.05, 0.1) is 6.54 Å². The predicted octanol–water partition coefficient (Wildman–Crippen LogP) is 1.24. The van der Waals surface area contributed by atoms with Crippen LogP contribution in [-0.2, 0) is 4.79 Å². The lowest BCUT2D eigenvalue weighted by molar-refractivity contribution is -0.128. The molecule has 0 bridgehead atoms. The summed E-state index contributed by atoms with van der Waals surface area (Å²) in [5.41, 5.74) is 0. The molecular weight excluding hydrogens is 176 g/mol. The van der Waals surface area contributed by atoms with E-state index in [9.17, 15) is 4.79 Å². The van der Waals surface area contributed by atoms with Gasteiger partial charge in [-0.1, -0.05) is 13.3 Å². The van der Waals surface area contributed by atoms with Gasteiger partial charge in [-0.2, -0.15) is 0 Å². The Bertz CT molecular complexity index is 194. The summed E-state index contributed by atoms with van der Waals surface area (Å²) in [6, 6.07) is 0.559. The lowest BCUT2D eigenvalue weighted by atomic mass is 10.1. The minimum absolute atomic E-state index is 0.201. The number of likely N-dealkylation sites (N-methyl/N-ethyl adjacent to an activating group) is 1. The van der Waals surface area contributed by atoms with Gasteiger partial charge in [0, 0.05) is 19.6 Å². The van der Waals surface area contributed by atoms with E-state index in [-0.39, 0.29) is 5.91 Å². The van der Waals surface area contributed by atoms with E-state index in [1.54, 1.807) is 4.90 Å². The first-order chi connectivity index (χ1) is 6.65. The first-order valence-corrected chi connectivity index (χ1v) is 5.62. The van der Waals surface area contributed by atoms with Crippen molar-refractivity contribution in [2.75, 3.05) is 20.1 Å². The number of rotatable bonds is 4. The molecule has 0 aromatic carbocycles. The summed E-state index contributed by atoms with van der Waals surface area (Å²) < 4.78 is 0. The fourth-order valence-corrected chi connectivity index (χ4v) is 1.98. The summed E-state index contributed by atoms with van der Waals surface area (Å²) in [4.78, 5) is 13.3. The van der Waals surface area contributed by atoms with Crippen LogP contribution in [0.25, 0.3) is 0 Å². The zero-order valence-corrected chi connectivity index (χ0v) is 9.55. The van der Waals surface area contributed by atoms with E-state index in [0.29, 0.717) is 12.6 Å². The first kappa shape index (κ1) is 11.5. The monoisotopic (exact) mass is 198 g/mol. The number of hydrogen-bond donors (Lipinski definition) is 1. The second-order valence-electron chi connectivity index (χ2n) is 4.30. The quantitative estimate of drug-likeness (QED) is 0.737. The third kappa shape index (κ3) is 2.98. The van der Waals surface area contributed by atoms with Crippen molar-refractivity contribution < 1.29 is 4.79 Å². The SMILES string of the molecule is CCN(C)C(=O)CNC1CCCC1C. The minimum atomic E-state index is 0.201. The molecule has 1 saturated carbocycles. The lowest BCUT2D eigenvalue weighted by Crippen LogP contribution is -2.40. The lowest BCUT2D eigenvalue weighted by Gasteiger charge is -2.20. The normalized spacial score (nSPS) is 26.5. The zero-order chi connectivity index (χ0) is 10.6. The Balaban J connectivity index is 2.22. The predicted molar refractivity (Wildman–Crippen MR) is 58.1 cm³/mol. The fraction of sp³-hybridized carbons (Fsp3) is 0.909. The molecule has 1 amide bonds. The highest BCUT2D eigenvalue weighted by atomic mass is 16.2. The van der Waals surface area contributed by atoms with E-state index in [4.69, 9.17) is 0 Å². The Morgan fingerprint density at radius 3 is 2.71 bits per heavy atom. The third-order valence-corrected chi connectivity index (χ3v) is 3.28. The van der Waals surface area contributed by atoms with Crippen molar-refractivity contribution in [3.05, 3.63) is 0 Å². The minimum Gasteiger partial charge on any atom is -0.345 e. The van der Waals surface area contributed by atoms with E-state index in [1.807, 2.05) is 14.0 Å². The van der Waals surface area contributed by atoms with Gasteiger partial charge in [-0.05, 0) is 25.7 Å². The Kier molecular flexibility index (Phi) is 4.39. The molecule has 2 unspecified atom stereocenters. The molecule has 1 fully saturated rings. The topological polar surface area (TPSA) is 32.3 Å². The molecule has 1 aliphatic carbocycles. The summed E-state index contributed by atoms with van der Waals surface area (Å²) in [6.45, 7) is 5.55.